The predicted molar refractivity (Wildman–Crippen MR) is 92.7 cm³/mol. The van der Waals surface area contributed by atoms with Crippen molar-refractivity contribution in [1.29, 1.82) is 0 Å². The minimum Gasteiger partial charge on any atom is -0.370 e. The molecule has 0 aliphatic rings. The zero-order chi connectivity index (χ0) is 17.0. The van der Waals surface area contributed by atoms with Gasteiger partial charge in [0.1, 0.15) is 0 Å². The minimum absolute atomic E-state index is 0.0754. The Labute approximate surface area is 136 Å². The lowest BCUT2D eigenvalue weighted by molar-refractivity contribution is 0.598. The number of hydrogen-bond donors (Lipinski definition) is 3. The maximum Gasteiger partial charge on any atom is 0.238 e. The van der Waals surface area contributed by atoms with E-state index >= 15 is 0 Å². The molecule has 2 rings (SSSR count). The molecule has 0 bridgehead atoms. The van der Waals surface area contributed by atoms with Gasteiger partial charge < -0.3 is 11.1 Å². The van der Waals surface area contributed by atoms with Gasteiger partial charge in [0.25, 0.3) is 0 Å². The van der Waals surface area contributed by atoms with Crippen molar-refractivity contribution in [2.45, 2.75) is 25.3 Å². The lowest BCUT2D eigenvalue weighted by Crippen LogP contribution is -2.22. The van der Waals surface area contributed by atoms with E-state index in [1.165, 1.54) is 23.3 Å². The van der Waals surface area contributed by atoms with Crippen LogP contribution in [0.15, 0.2) is 52.4 Å². The van der Waals surface area contributed by atoms with Gasteiger partial charge in [0.05, 0.1) is 11.4 Å². The summed E-state index contributed by atoms with van der Waals surface area (Å²) in [6.07, 6.45) is 0. The van der Waals surface area contributed by atoms with Gasteiger partial charge in [-0.05, 0) is 54.8 Å². The molecule has 2 aromatic carbocycles. The molecule has 0 spiro atoms. The SMILES string of the molecule is Cc1ccc(NC(N)=NCc2ccc(S(N)(=O)=O)cc2)cc1C. The molecule has 0 fully saturated rings. The van der Waals surface area contributed by atoms with Gasteiger partial charge in [0.15, 0.2) is 5.96 Å². The molecule has 0 heterocycles. The van der Waals surface area contributed by atoms with Gasteiger partial charge in [0, 0.05) is 5.69 Å². The maximum absolute atomic E-state index is 11.2. The van der Waals surface area contributed by atoms with Crippen LogP contribution in [-0.4, -0.2) is 14.4 Å². The second kappa shape index (κ2) is 6.80. The number of primary sulfonamides is 1. The fourth-order valence-electron chi connectivity index (χ4n) is 1.97. The molecule has 0 saturated heterocycles. The van der Waals surface area contributed by atoms with Crippen LogP contribution in [0.3, 0.4) is 0 Å². The third-order valence-corrected chi connectivity index (χ3v) is 4.39. The van der Waals surface area contributed by atoms with E-state index in [-0.39, 0.29) is 4.90 Å². The summed E-state index contributed by atoms with van der Waals surface area (Å²) in [6.45, 7) is 4.41. The zero-order valence-corrected chi connectivity index (χ0v) is 13.9. The van der Waals surface area contributed by atoms with Crippen LogP contribution in [0, 0.1) is 13.8 Å². The van der Waals surface area contributed by atoms with Crippen molar-refractivity contribution in [2.24, 2.45) is 15.9 Å². The first-order valence-electron chi connectivity index (χ1n) is 7.01. The van der Waals surface area contributed by atoms with Crippen molar-refractivity contribution in [3.8, 4) is 0 Å². The fourth-order valence-corrected chi connectivity index (χ4v) is 2.48. The number of benzene rings is 2. The largest absolute Gasteiger partial charge is 0.370 e. The Hall–Kier alpha value is -2.38. The molecule has 0 radical (unpaired) electrons. The average Bonchev–Trinajstić information content (AvgIpc) is 2.48. The second-order valence-electron chi connectivity index (χ2n) is 5.31. The smallest absolute Gasteiger partial charge is 0.238 e. The number of nitrogens with one attached hydrogen (secondary N) is 1. The van der Waals surface area contributed by atoms with Gasteiger partial charge in [-0.25, -0.2) is 18.5 Å². The van der Waals surface area contributed by atoms with E-state index in [4.69, 9.17) is 10.9 Å². The first kappa shape index (κ1) is 17.0. The van der Waals surface area contributed by atoms with E-state index in [2.05, 4.69) is 10.3 Å². The van der Waals surface area contributed by atoms with Crippen LogP contribution < -0.4 is 16.2 Å². The lowest BCUT2D eigenvalue weighted by Gasteiger charge is -2.08. The zero-order valence-electron chi connectivity index (χ0n) is 13.1. The van der Waals surface area contributed by atoms with Gasteiger partial charge in [-0.1, -0.05) is 18.2 Å². The average molecular weight is 332 g/mol. The van der Waals surface area contributed by atoms with Gasteiger partial charge in [0.2, 0.25) is 10.0 Å². The lowest BCUT2D eigenvalue weighted by atomic mass is 10.1. The van der Waals surface area contributed by atoms with Gasteiger partial charge >= 0.3 is 0 Å². The highest BCUT2D eigenvalue weighted by atomic mass is 32.2. The van der Waals surface area contributed by atoms with E-state index in [1.54, 1.807) is 12.1 Å². The molecular weight excluding hydrogens is 312 g/mol. The van der Waals surface area contributed by atoms with Gasteiger partial charge in [-0.3, -0.25) is 0 Å². The number of aryl methyl sites for hydroxylation is 2. The number of guanidine groups is 1. The third kappa shape index (κ3) is 4.80. The van der Waals surface area contributed by atoms with Crippen molar-refractivity contribution >= 4 is 21.7 Å². The highest BCUT2D eigenvalue weighted by molar-refractivity contribution is 7.89. The van der Waals surface area contributed by atoms with Crippen molar-refractivity contribution < 1.29 is 8.42 Å². The Balaban J connectivity index is 2.03. The molecule has 23 heavy (non-hydrogen) atoms. The number of nitrogens with zero attached hydrogens (tertiary/aromatic N) is 1. The van der Waals surface area contributed by atoms with Crippen LogP contribution in [0.1, 0.15) is 16.7 Å². The minimum atomic E-state index is -3.67. The molecule has 6 nitrogen and oxygen atoms in total. The van der Waals surface area contributed by atoms with E-state index in [0.29, 0.717) is 12.5 Å². The molecule has 5 N–H and O–H groups in total. The standard InChI is InChI=1S/C16H20N4O2S/c1-11-3-6-14(9-12(11)2)20-16(17)19-10-13-4-7-15(8-5-13)23(18,21)22/h3-9H,10H2,1-2H3,(H3,17,19,20)(H2,18,21,22). The number of rotatable bonds is 4. The first-order valence-corrected chi connectivity index (χ1v) is 8.56. The normalized spacial score (nSPS) is 12.2. The summed E-state index contributed by atoms with van der Waals surface area (Å²) in [5.74, 6) is 0.295. The van der Waals surface area contributed by atoms with Crippen molar-refractivity contribution in [1.82, 2.24) is 0 Å². The summed E-state index contributed by atoms with van der Waals surface area (Å²) in [5, 5.41) is 8.08. The predicted octanol–water partition coefficient (Wildman–Crippen LogP) is 1.88. The molecule has 0 unspecified atom stereocenters. The summed E-state index contributed by atoms with van der Waals surface area (Å²) in [6, 6.07) is 12.2. The molecule has 122 valence electrons. The van der Waals surface area contributed by atoms with E-state index in [0.717, 1.165) is 11.3 Å². The van der Waals surface area contributed by atoms with E-state index in [1.807, 2.05) is 32.0 Å². The summed E-state index contributed by atoms with van der Waals surface area (Å²) in [5.41, 5.74) is 9.95. The number of hydrogen-bond acceptors (Lipinski definition) is 3. The van der Waals surface area contributed by atoms with Crippen molar-refractivity contribution in [2.75, 3.05) is 5.32 Å². The van der Waals surface area contributed by atoms with Crippen LogP contribution in [0.4, 0.5) is 5.69 Å². The maximum atomic E-state index is 11.2. The highest BCUT2D eigenvalue weighted by Crippen LogP contribution is 2.14. The Morgan fingerprint density at radius 3 is 2.30 bits per heavy atom. The number of nitrogens with two attached hydrogens (primary N) is 2. The molecule has 0 aliphatic carbocycles. The summed E-state index contributed by atoms with van der Waals surface area (Å²) in [4.78, 5) is 4.31. The summed E-state index contributed by atoms with van der Waals surface area (Å²) < 4.78 is 22.4. The Morgan fingerprint density at radius 1 is 1.09 bits per heavy atom. The van der Waals surface area contributed by atoms with Crippen molar-refractivity contribution in [3.05, 3.63) is 59.2 Å². The summed E-state index contributed by atoms with van der Waals surface area (Å²) in [7, 11) is -3.67. The number of aliphatic imine (C=N–C) groups is 1. The number of sulfonamides is 1. The Bertz CT molecular complexity index is 828. The topological polar surface area (TPSA) is 111 Å². The Kier molecular flexibility index (Phi) is 5.02. The molecule has 0 amide bonds. The Morgan fingerprint density at radius 2 is 1.74 bits per heavy atom. The second-order valence-corrected chi connectivity index (χ2v) is 6.88. The monoisotopic (exact) mass is 332 g/mol. The molecular formula is C16H20N4O2S. The van der Waals surface area contributed by atoms with Crippen molar-refractivity contribution in [3.63, 3.8) is 0 Å². The molecule has 7 heteroatoms. The molecule has 0 aliphatic heterocycles. The quantitative estimate of drug-likeness (QED) is 0.586. The van der Waals surface area contributed by atoms with Crippen LogP contribution >= 0.6 is 0 Å². The van der Waals surface area contributed by atoms with Crippen LogP contribution in [0.5, 0.6) is 0 Å². The third-order valence-electron chi connectivity index (χ3n) is 3.46. The molecule has 0 aromatic heterocycles. The van der Waals surface area contributed by atoms with E-state index < -0.39 is 10.0 Å². The first-order chi connectivity index (χ1) is 10.8. The highest BCUT2D eigenvalue weighted by Gasteiger charge is 2.06. The van der Waals surface area contributed by atoms with Crippen LogP contribution in [0.25, 0.3) is 0 Å². The van der Waals surface area contributed by atoms with Crippen LogP contribution in [0.2, 0.25) is 0 Å². The molecule has 0 atom stereocenters. The van der Waals surface area contributed by atoms with E-state index in [9.17, 15) is 8.42 Å². The van der Waals surface area contributed by atoms with Gasteiger partial charge in [-0.15, -0.1) is 0 Å². The summed E-state index contributed by atoms with van der Waals surface area (Å²) >= 11 is 0. The fraction of sp³-hybridized carbons (Fsp3) is 0.188. The van der Waals surface area contributed by atoms with Gasteiger partial charge in [-0.2, -0.15) is 0 Å². The molecule has 2 aromatic rings. The van der Waals surface area contributed by atoms with Crippen LogP contribution in [-0.2, 0) is 16.6 Å². The number of anilines is 1. The molecule has 0 saturated carbocycles.